The Kier molecular flexibility index (Phi) is 5.18. The van der Waals surface area contributed by atoms with Crippen LogP contribution in [0.4, 0.5) is 0 Å². The van der Waals surface area contributed by atoms with Crippen molar-refractivity contribution in [2.45, 2.75) is 33.2 Å². The molecule has 20 heavy (non-hydrogen) atoms. The van der Waals surface area contributed by atoms with E-state index < -0.39 is 0 Å². The fourth-order valence-electron chi connectivity index (χ4n) is 3.00. The van der Waals surface area contributed by atoms with E-state index in [2.05, 4.69) is 36.1 Å². The first-order chi connectivity index (χ1) is 9.58. The number of benzene rings is 1. The number of nitrogens with zero attached hydrogens (tertiary/aromatic N) is 1. The molecule has 110 valence electrons. The van der Waals surface area contributed by atoms with Gasteiger partial charge in [-0.15, -0.1) is 0 Å². The summed E-state index contributed by atoms with van der Waals surface area (Å²) >= 11 is 0. The lowest BCUT2D eigenvalue weighted by Crippen LogP contribution is -2.22. The van der Waals surface area contributed by atoms with E-state index in [-0.39, 0.29) is 11.9 Å². The summed E-state index contributed by atoms with van der Waals surface area (Å²) in [6.07, 6.45) is 2.13. The van der Waals surface area contributed by atoms with Gasteiger partial charge in [-0.1, -0.05) is 36.8 Å². The summed E-state index contributed by atoms with van der Waals surface area (Å²) in [7, 11) is 1.47. The van der Waals surface area contributed by atoms with Crippen molar-refractivity contribution in [1.82, 2.24) is 4.90 Å². The lowest BCUT2D eigenvalue weighted by atomic mass is 9.95. The van der Waals surface area contributed by atoms with Crippen LogP contribution in [0.3, 0.4) is 0 Å². The SMILES string of the molecule is COC(=O)C(C)CC1CCN(Cc2ccc(C)cc2)C1. The molecule has 0 radical (unpaired) electrons. The predicted molar refractivity (Wildman–Crippen MR) is 80.4 cm³/mol. The first kappa shape index (κ1) is 15.0. The third-order valence-electron chi connectivity index (χ3n) is 4.19. The van der Waals surface area contributed by atoms with Gasteiger partial charge in [-0.05, 0) is 37.8 Å². The van der Waals surface area contributed by atoms with Crippen LogP contribution < -0.4 is 0 Å². The van der Waals surface area contributed by atoms with Crippen molar-refractivity contribution in [3.05, 3.63) is 35.4 Å². The van der Waals surface area contributed by atoms with Crippen LogP contribution in [0.15, 0.2) is 24.3 Å². The number of aryl methyl sites for hydroxylation is 1. The lowest BCUT2D eigenvalue weighted by molar-refractivity contribution is -0.145. The zero-order chi connectivity index (χ0) is 14.5. The molecule has 1 fully saturated rings. The molecule has 1 aromatic rings. The highest BCUT2D eigenvalue weighted by molar-refractivity contribution is 5.71. The maximum Gasteiger partial charge on any atom is 0.308 e. The molecule has 0 aromatic heterocycles. The van der Waals surface area contributed by atoms with Crippen molar-refractivity contribution < 1.29 is 9.53 Å². The van der Waals surface area contributed by atoms with Crippen LogP contribution >= 0.6 is 0 Å². The Morgan fingerprint density at radius 1 is 1.40 bits per heavy atom. The van der Waals surface area contributed by atoms with Gasteiger partial charge in [-0.2, -0.15) is 0 Å². The van der Waals surface area contributed by atoms with Crippen molar-refractivity contribution in [2.75, 3.05) is 20.2 Å². The van der Waals surface area contributed by atoms with Gasteiger partial charge in [0.25, 0.3) is 0 Å². The van der Waals surface area contributed by atoms with E-state index >= 15 is 0 Å². The number of rotatable bonds is 5. The van der Waals surface area contributed by atoms with Crippen LogP contribution in [-0.4, -0.2) is 31.1 Å². The Morgan fingerprint density at radius 2 is 2.10 bits per heavy atom. The van der Waals surface area contributed by atoms with Gasteiger partial charge in [0, 0.05) is 13.1 Å². The molecule has 0 aliphatic carbocycles. The van der Waals surface area contributed by atoms with Crippen LogP contribution in [0.25, 0.3) is 0 Å². The second-order valence-corrected chi connectivity index (χ2v) is 6.04. The van der Waals surface area contributed by atoms with Crippen molar-refractivity contribution >= 4 is 5.97 Å². The summed E-state index contributed by atoms with van der Waals surface area (Å²) in [5.41, 5.74) is 2.68. The maximum absolute atomic E-state index is 11.5. The molecule has 2 atom stereocenters. The summed E-state index contributed by atoms with van der Waals surface area (Å²) in [6.45, 7) is 7.32. The van der Waals surface area contributed by atoms with E-state index in [1.165, 1.54) is 24.7 Å². The van der Waals surface area contributed by atoms with Gasteiger partial charge in [0.15, 0.2) is 0 Å². The minimum absolute atomic E-state index is 0.0179. The Labute approximate surface area is 121 Å². The number of methoxy groups -OCH3 is 1. The summed E-state index contributed by atoms with van der Waals surface area (Å²) < 4.78 is 4.80. The summed E-state index contributed by atoms with van der Waals surface area (Å²) in [6, 6.07) is 8.75. The quantitative estimate of drug-likeness (QED) is 0.774. The molecule has 2 rings (SSSR count). The average molecular weight is 275 g/mol. The molecule has 0 amide bonds. The van der Waals surface area contributed by atoms with Crippen molar-refractivity contribution in [2.24, 2.45) is 11.8 Å². The largest absolute Gasteiger partial charge is 0.469 e. The van der Waals surface area contributed by atoms with Gasteiger partial charge in [0.05, 0.1) is 13.0 Å². The molecule has 1 aromatic carbocycles. The molecule has 0 bridgehead atoms. The second-order valence-electron chi connectivity index (χ2n) is 6.04. The number of likely N-dealkylation sites (tertiary alicyclic amines) is 1. The average Bonchev–Trinajstić information content (AvgIpc) is 2.87. The molecule has 3 nitrogen and oxygen atoms in total. The van der Waals surface area contributed by atoms with E-state index in [9.17, 15) is 4.79 Å². The van der Waals surface area contributed by atoms with Crippen LogP contribution in [0, 0.1) is 18.8 Å². The Balaban J connectivity index is 1.80. The van der Waals surface area contributed by atoms with Gasteiger partial charge < -0.3 is 4.74 Å². The summed E-state index contributed by atoms with van der Waals surface area (Å²) in [5, 5.41) is 0. The second kappa shape index (κ2) is 6.89. The van der Waals surface area contributed by atoms with Crippen LogP contribution in [0.5, 0.6) is 0 Å². The number of carbonyl (C=O) groups excluding carboxylic acids is 1. The van der Waals surface area contributed by atoms with Gasteiger partial charge in [0.1, 0.15) is 0 Å². The van der Waals surface area contributed by atoms with Gasteiger partial charge in [0.2, 0.25) is 0 Å². The van der Waals surface area contributed by atoms with E-state index in [1.54, 1.807) is 0 Å². The maximum atomic E-state index is 11.5. The van der Waals surface area contributed by atoms with Crippen LogP contribution in [-0.2, 0) is 16.1 Å². The Hall–Kier alpha value is -1.35. The van der Waals surface area contributed by atoms with E-state index in [1.807, 2.05) is 6.92 Å². The molecule has 1 saturated heterocycles. The van der Waals surface area contributed by atoms with Crippen LogP contribution in [0.1, 0.15) is 30.9 Å². The minimum Gasteiger partial charge on any atom is -0.469 e. The summed E-state index contributed by atoms with van der Waals surface area (Å²) in [4.78, 5) is 14.0. The number of hydrogen-bond acceptors (Lipinski definition) is 3. The van der Waals surface area contributed by atoms with Gasteiger partial charge in [-0.25, -0.2) is 0 Å². The molecule has 1 heterocycles. The molecular weight excluding hydrogens is 250 g/mol. The topological polar surface area (TPSA) is 29.5 Å². The molecule has 1 aliphatic heterocycles. The smallest absolute Gasteiger partial charge is 0.308 e. The normalized spacial score (nSPS) is 20.9. The first-order valence-corrected chi connectivity index (χ1v) is 7.44. The molecule has 3 heteroatoms. The lowest BCUT2D eigenvalue weighted by Gasteiger charge is -2.17. The predicted octanol–water partition coefficient (Wildman–Crippen LogP) is 3.02. The van der Waals surface area contributed by atoms with E-state index in [4.69, 9.17) is 4.74 Å². The zero-order valence-electron chi connectivity index (χ0n) is 12.8. The molecule has 1 aliphatic rings. The van der Waals surface area contributed by atoms with Crippen molar-refractivity contribution in [1.29, 1.82) is 0 Å². The fraction of sp³-hybridized carbons (Fsp3) is 0.588. The van der Waals surface area contributed by atoms with E-state index in [0.717, 1.165) is 26.1 Å². The van der Waals surface area contributed by atoms with Crippen LogP contribution in [0.2, 0.25) is 0 Å². The highest BCUT2D eigenvalue weighted by Crippen LogP contribution is 2.25. The number of carbonyl (C=O) groups is 1. The highest BCUT2D eigenvalue weighted by Gasteiger charge is 2.26. The Morgan fingerprint density at radius 3 is 2.75 bits per heavy atom. The van der Waals surface area contributed by atoms with Crippen molar-refractivity contribution in [3.63, 3.8) is 0 Å². The zero-order valence-corrected chi connectivity index (χ0v) is 12.8. The fourth-order valence-corrected chi connectivity index (χ4v) is 3.00. The van der Waals surface area contributed by atoms with Gasteiger partial charge in [-0.3, -0.25) is 9.69 Å². The third kappa shape index (κ3) is 4.07. The minimum atomic E-state index is -0.0815. The molecular formula is C17H25NO2. The molecule has 0 N–H and O–H groups in total. The number of ether oxygens (including phenoxy) is 1. The highest BCUT2D eigenvalue weighted by atomic mass is 16.5. The monoisotopic (exact) mass is 275 g/mol. The van der Waals surface area contributed by atoms with Gasteiger partial charge >= 0.3 is 5.97 Å². The number of hydrogen-bond donors (Lipinski definition) is 0. The molecule has 0 spiro atoms. The standard InChI is InChI=1S/C17H25NO2/c1-13-4-6-15(7-5-13)11-18-9-8-16(12-18)10-14(2)17(19)20-3/h4-7,14,16H,8-12H2,1-3H3. The van der Waals surface area contributed by atoms with Crippen molar-refractivity contribution in [3.8, 4) is 0 Å². The molecule has 2 unspecified atom stereocenters. The molecule has 0 saturated carbocycles. The Bertz CT molecular complexity index is 441. The third-order valence-corrected chi connectivity index (χ3v) is 4.19. The number of esters is 1. The van der Waals surface area contributed by atoms with E-state index in [0.29, 0.717) is 5.92 Å². The first-order valence-electron chi connectivity index (χ1n) is 7.44. The summed E-state index contributed by atoms with van der Waals surface area (Å²) in [5.74, 6) is 0.556.